The van der Waals surface area contributed by atoms with Crippen LogP contribution in [0.25, 0.3) is 0 Å². The van der Waals surface area contributed by atoms with E-state index in [-0.39, 0.29) is 0 Å². The van der Waals surface area contributed by atoms with Crippen molar-refractivity contribution in [2.24, 2.45) is 0 Å². The zero-order chi connectivity index (χ0) is 30.3. The minimum Gasteiger partial charge on any atom is -0.391 e. The lowest BCUT2D eigenvalue weighted by Crippen LogP contribution is -2.74. The van der Waals surface area contributed by atoms with Crippen LogP contribution < -0.4 is 0 Å². The van der Waals surface area contributed by atoms with E-state index in [4.69, 9.17) is 10.2 Å². The summed E-state index contributed by atoms with van der Waals surface area (Å²) in [5.74, 6) is -57.2. The first-order valence-electron chi connectivity index (χ1n) is 9.42. The van der Waals surface area contributed by atoms with E-state index in [1.807, 2.05) is 0 Å². The zero-order valence-corrected chi connectivity index (χ0v) is 18.0. The first-order valence-corrected chi connectivity index (χ1v) is 9.42. The highest BCUT2D eigenvalue weighted by atomic mass is 19.4. The summed E-state index contributed by atoms with van der Waals surface area (Å²) in [6.45, 7) is -3.83. The number of hydrogen-bond donors (Lipinski definition) is 3. The molecule has 0 fully saturated rings. The van der Waals surface area contributed by atoms with Crippen molar-refractivity contribution in [3.8, 4) is 0 Å². The predicted octanol–water partition coefficient (Wildman–Crippen LogP) is 4.18. The molecule has 0 aliphatic heterocycles. The molecule has 0 rings (SSSR count). The Hall–Kier alpha value is -1.35. The van der Waals surface area contributed by atoms with Crippen molar-refractivity contribution in [2.75, 3.05) is 39.9 Å². The number of aliphatic hydroxyl groups is 3. The van der Waals surface area contributed by atoms with Gasteiger partial charge in [-0.1, -0.05) is 0 Å². The Morgan fingerprint density at radius 2 is 0.838 bits per heavy atom. The van der Waals surface area contributed by atoms with Gasteiger partial charge < -0.3 is 19.8 Å². The lowest BCUT2D eigenvalue weighted by Gasteiger charge is -2.43. The standard InChI is InChI=1S/C16H19F17NO3/c1-34(2-4-35,3-5-36)7-8(37)6-9(17,18)10(19,20)11(21,22)12(23,24)13(25,26)14(27,28)15(29,30)16(31,32)33/h8,35-37H,2-7H2,1H3/q+1. The largest absolute Gasteiger partial charge is 0.460 e. The molecule has 0 spiro atoms. The Bertz CT molecular complexity index is 762. The number of alkyl halides is 17. The van der Waals surface area contributed by atoms with Crippen LogP contribution in [0, 0.1) is 0 Å². The highest BCUT2D eigenvalue weighted by molar-refractivity contribution is 5.15. The second-order valence-electron chi connectivity index (χ2n) is 8.20. The van der Waals surface area contributed by atoms with E-state index in [1.165, 1.54) is 0 Å². The second kappa shape index (κ2) is 10.3. The van der Waals surface area contributed by atoms with Crippen LogP contribution >= 0.6 is 0 Å². The van der Waals surface area contributed by atoms with Crippen molar-refractivity contribution >= 4 is 0 Å². The molecule has 0 heterocycles. The molecule has 37 heavy (non-hydrogen) atoms. The monoisotopic (exact) mass is 596 g/mol. The molecule has 1 unspecified atom stereocenters. The van der Waals surface area contributed by atoms with Gasteiger partial charge in [0.15, 0.2) is 0 Å². The maximum atomic E-state index is 13.9. The van der Waals surface area contributed by atoms with E-state index in [0.29, 0.717) is 0 Å². The van der Waals surface area contributed by atoms with Crippen LogP contribution in [-0.2, 0) is 0 Å². The fraction of sp³-hybridized carbons (Fsp3) is 1.00. The highest BCUT2D eigenvalue weighted by Gasteiger charge is 2.95. The van der Waals surface area contributed by atoms with Gasteiger partial charge in [-0.3, -0.25) is 0 Å². The summed E-state index contributed by atoms with van der Waals surface area (Å²) >= 11 is 0. The van der Waals surface area contributed by atoms with Crippen LogP contribution in [0.15, 0.2) is 0 Å². The number of nitrogens with zero attached hydrogens (tertiary/aromatic N) is 1. The number of aliphatic hydroxyl groups excluding tert-OH is 3. The SMILES string of the molecule is C[N+](CCO)(CCO)CC(O)CC(F)(F)C(F)(F)C(F)(F)C(F)(F)C(F)(F)C(F)(F)C(F)(F)C(F)(F)F. The maximum absolute atomic E-state index is 13.9. The Morgan fingerprint density at radius 1 is 0.541 bits per heavy atom. The summed E-state index contributed by atoms with van der Waals surface area (Å²) in [5, 5.41) is 27.3. The second-order valence-corrected chi connectivity index (χ2v) is 8.20. The molecule has 0 bridgehead atoms. The van der Waals surface area contributed by atoms with E-state index in [9.17, 15) is 79.7 Å². The summed E-state index contributed by atoms with van der Waals surface area (Å²) in [5.41, 5.74) is 0. The topological polar surface area (TPSA) is 60.7 Å². The van der Waals surface area contributed by atoms with Crippen molar-refractivity contribution in [3.05, 3.63) is 0 Å². The van der Waals surface area contributed by atoms with Gasteiger partial charge in [0.25, 0.3) is 0 Å². The number of quaternary nitrogens is 1. The lowest BCUT2D eigenvalue weighted by molar-refractivity contribution is -0.913. The van der Waals surface area contributed by atoms with Gasteiger partial charge in [0.05, 0.1) is 20.3 Å². The number of halogens is 17. The molecule has 4 nitrogen and oxygen atoms in total. The molecule has 3 N–H and O–H groups in total. The van der Waals surface area contributed by atoms with Crippen LogP contribution in [-0.4, -0.2) is 113 Å². The van der Waals surface area contributed by atoms with Crippen LogP contribution in [0.4, 0.5) is 74.6 Å². The summed E-state index contributed by atoms with van der Waals surface area (Å²) in [7, 11) is 0.970. The minimum atomic E-state index is -8.71. The first-order chi connectivity index (χ1) is 16.0. The number of rotatable bonds is 14. The van der Waals surface area contributed by atoms with Gasteiger partial charge in [0, 0.05) is 6.42 Å². The Labute approximate surface area is 195 Å². The molecule has 0 aromatic rings. The normalized spacial score (nSPS) is 16.8. The van der Waals surface area contributed by atoms with Gasteiger partial charge >= 0.3 is 47.6 Å². The number of hydrogen-bond acceptors (Lipinski definition) is 3. The van der Waals surface area contributed by atoms with E-state index in [1.54, 1.807) is 0 Å². The quantitative estimate of drug-likeness (QED) is 0.209. The lowest BCUT2D eigenvalue weighted by atomic mass is 9.87. The molecular formula is C16H19F17NO3+. The third-order valence-corrected chi connectivity index (χ3v) is 5.21. The molecule has 0 aliphatic carbocycles. The van der Waals surface area contributed by atoms with Crippen molar-refractivity contribution in [2.45, 2.75) is 60.2 Å². The molecule has 0 radical (unpaired) electrons. The van der Waals surface area contributed by atoms with E-state index in [0.717, 1.165) is 7.05 Å². The summed E-state index contributed by atoms with van der Waals surface area (Å²) in [6.07, 6.45) is -13.7. The number of likely N-dealkylation sites (N-methyl/N-ethyl adjacent to an activating group) is 1. The van der Waals surface area contributed by atoms with Crippen LogP contribution in [0.5, 0.6) is 0 Å². The molecule has 0 saturated heterocycles. The smallest absolute Gasteiger partial charge is 0.391 e. The Balaban J connectivity index is 6.45. The average Bonchev–Trinajstić information content (AvgIpc) is 2.65. The van der Waals surface area contributed by atoms with Crippen molar-refractivity contribution < 1.29 is 94.4 Å². The van der Waals surface area contributed by atoms with E-state index < -0.39 is 97.5 Å². The first kappa shape index (κ1) is 35.6. The maximum Gasteiger partial charge on any atom is 0.460 e. The zero-order valence-electron chi connectivity index (χ0n) is 18.0. The third-order valence-electron chi connectivity index (χ3n) is 5.21. The molecule has 0 amide bonds. The third kappa shape index (κ3) is 5.82. The van der Waals surface area contributed by atoms with Gasteiger partial charge in [-0.25, -0.2) is 0 Å². The molecule has 0 aromatic carbocycles. The van der Waals surface area contributed by atoms with Gasteiger partial charge in [-0.2, -0.15) is 74.6 Å². The predicted molar refractivity (Wildman–Crippen MR) is 86.3 cm³/mol. The fourth-order valence-corrected chi connectivity index (χ4v) is 2.97. The van der Waals surface area contributed by atoms with Gasteiger partial charge in [-0.05, 0) is 0 Å². The summed E-state index contributed by atoms with van der Waals surface area (Å²) in [6, 6.07) is 0. The van der Waals surface area contributed by atoms with Crippen LogP contribution in [0.1, 0.15) is 6.42 Å². The van der Waals surface area contributed by atoms with Crippen LogP contribution in [0.3, 0.4) is 0 Å². The molecule has 1 atom stereocenters. The molecule has 0 aliphatic rings. The molecule has 0 aromatic heterocycles. The van der Waals surface area contributed by atoms with Crippen molar-refractivity contribution in [1.29, 1.82) is 0 Å². The fourth-order valence-electron chi connectivity index (χ4n) is 2.97. The molecular weight excluding hydrogens is 577 g/mol. The summed E-state index contributed by atoms with van der Waals surface area (Å²) < 4.78 is 224. The van der Waals surface area contributed by atoms with E-state index in [2.05, 4.69) is 0 Å². The van der Waals surface area contributed by atoms with Crippen molar-refractivity contribution in [3.63, 3.8) is 0 Å². The van der Waals surface area contributed by atoms with Gasteiger partial charge in [-0.15, -0.1) is 0 Å². The molecule has 21 heteroatoms. The van der Waals surface area contributed by atoms with E-state index >= 15 is 0 Å². The van der Waals surface area contributed by atoms with Crippen molar-refractivity contribution in [1.82, 2.24) is 0 Å². The Kier molecular flexibility index (Phi) is 9.95. The molecule has 0 saturated carbocycles. The molecule has 224 valence electrons. The highest BCUT2D eigenvalue weighted by Crippen LogP contribution is 2.64. The minimum absolute atomic E-state index is 0.511. The Morgan fingerprint density at radius 3 is 1.14 bits per heavy atom. The van der Waals surface area contributed by atoms with Gasteiger partial charge in [0.2, 0.25) is 0 Å². The average molecular weight is 596 g/mol. The van der Waals surface area contributed by atoms with Crippen LogP contribution in [0.2, 0.25) is 0 Å². The summed E-state index contributed by atoms with van der Waals surface area (Å²) in [4.78, 5) is 0. The van der Waals surface area contributed by atoms with Gasteiger partial charge in [0.1, 0.15) is 25.7 Å².